The highest BCUT2D eigenvalue weighted by Gasteiger charge is 2.20. The molecular formula is C20H16N4O3S. The highest BCUT2D eigenvalue weighted by Crippen LogP contribution is 2.34. The van der Waals surface area contributed by atoms with E-state index in [-0.39, 0.29) is 22.6 Å². The lowest BCUT2D eigenvalue weighted by atomic mass is 9.97. The fraction of sp³-hybridized carbons (Fsp3) is 0.250. The molecule has 3 aromatic rings. The summed E-state index contributed by atoms with van der Waals surface area (Å²) in [6.07, 6.45) is 5.52. The van der Waals surface area contributed by atoms with Crippen LogP contribution >= 0.6 is 11.3 Å². The van der Waals surface area contributed by atoms with Crippen molar-refractivity contribution in [2.45, 2.75) is 32.6 Å². The molecule has 0 saturated carbocycles. The van der Waals surface area contributed by atoms with Crippen LogP contribution in [0.2, 0.25) is 0 Å². The van der Waals surface area contributed by atoms with Gasteiger partial charge in [0.2, 0.25) is 0 Å². The van der Waals surface area contributed by atoms with Gasteiger partial charge in [0.1, 0.15) is 10.9 Å². The zero-order valence-electron chi connectivity index (χ0n) is 15.1. The van der Waals surface area contributed by atoms with E-state index in [4.69, 9.17) is 0 Å². The molecule has 0 aliphatic heterocycles. The van der Waals surface area contributed by atoms with Gasteiger partial charge in [0.15, 0.2) is 5.82 Å². The number of H-pyrrole nitrogens is 1. The Morgan fingerprint density at radius 1 is 1.39 bits per heavy atom. The molecule has 1 N–H and O–H groups in total. The van der Waals surface area contributed by atoms with Crippen LogP contribution in [0, 0.1) is 28.4 Å². The largest absolute Gasteiger partial charge is 0.305 e. The van der Waals surface area contributed by atoms with Gasteiger partial charge in [0, 0.05) is 16.5 Å². The Morgan fingerprint density at radius 2 is 2.18 bits per heavy atom. The van der Waals surface area contributed by atoms with E-state index in [1.165, 1.54) is 28.4 Å². The number of aryl methyl sites for hydroxylation is 3. The van der Waals surface area contributed by atoms with Crippen molar-refractivity contribution in [1.82, 2.24) is 9.97 Å². The number of nitrogens with zero attached hydrogens (tertiary/aromatic N) is 3. The summed E-state index contributed by atoms with van der Waals surface area (Å²) in [5, 5.41) is 21.4. The van der Waals surface area contributed by atoms with Gasteiger partial charge in [-0.2, -0.15) is 5.26 Å². The summed E-state index contributed by atoms with van der Waals surface area (Å²) >= 11 is 1.51. The van der Waals surface area contributed by atoms with Crippen LogP contribution in [0.5, 0.6) is 0 Å². The van der Waals surface area contributed by atoms with E-state index in [0.717, 1.165) is 31.2 Å². The molecule has 0 amide bonds. The molecule has 140 valence electrons. The predicted octanol–water partition coefficient (Wildman–Crippen LogP) is 4.14. The molecule has 1 aromatic carbocycles. The lowest BCUT2D eigenvalue weighted by Crippen LogP contribution is -2.12. The summed E-state index contributed by atoms with van der Waals surface area (Å²) in [5.74, 6) is 0.182. The van der Waals surface area contributed by atoms with Crippen LogP contribution in [0.1, 0.15) is 40.2 Å². The molecule has 0 unspecified atom stereocenters. The number of hydrogen-bond acceptors (Lipinski definition) is 6. The standard InChI is InChI=1S/C20H16N4O3S/c1-11-6-7-12(9-15(11)24(26)27)8-13(10-21)18-22-19(25)17-14-4-2-3-5-16(14)28-20(17)23-18/h6-9H,2-5H2,1H3,(H,22,23,25)/b13-8+. The van der Waals surface area contributed by atoms with Crippen LogP contribution in [0.4, 0.5) is 5.69 Å². The summed E-state index contributed by atoms with van der Waals surface area (Å²) in [6, 6.07) is 6.78. The Kier molecular flexibility index (Phi) is 4.53. The number of nitriles is 1. The van der Waals surface area contributed by atoms with Gasteiger partial charge >= 0.3 is 0 Å². The van der Waals surface area contributed by atoms with E-state index >= 15 is 0 Å². The van der Waals surface area contributed by atoms with Crippen molar-refractivity contribution in [1.29, 1.82) is 5.26 Å². The van der Waals surface area contributed by atoms with Crippen LogP contribution in [-0.2, 0) is 12.8 Å². The van der Waals surface area contributed by atoms with E-state index in [2.05, 4.69) is 9.97 Å². The zero-order chi connectivity index (χ0) is 19.8. The summed E-state index contributed by atoms with van der Waals surface area (Å²) < 4.78 is 0. The molecule has 1 aliphatic carbocycles. The van der Waals surface area contributed by atoms with E-state index < -0.39 is 4.92 Å². The SMILES string of the molecule is Cc1ccc(/C=C(\C#N)c2nc3sc4c(c3c(=O)[nH]2)CCCC4)cc1[N+](=O)[O-]. The number of hydrogen-bond donors (Lipinski definition) is 1. The quantitative estimate of drug-likeness (QED) is 0.409. The van der Waals surface area contributed by atoms with Gasteiger partial charge in [-0.1, -0.05) is 12.1 Å². The molecule has 0 spiro atoms. The molecule has 0 bridgehead atoms. The van der Waals surface area contributed by atoms with Crippen LogP contribution in [0.15, 0.2) is 23.0 Å². The van der Waals surface area contributed by atoms with E-state index in [1.807, 2.05) is 6.07 Å². The van der Waals surface area contributed by atoms with Gasteiger partial charge in [-0.05, 0) is 49.8 Å². The molecular weight excluding hydrogens is 376 g/mol. The number of benzene rings is 1. The maximum atomic E-state index is 12.7. The normalized spacial score (nSPS) is 13.9. The van der Waals surface area contributed by atoms with Crippen LogP contribution < -0.4 is 5.56 Å². The first-order valence-electron chi connectivity index (χ1n) is 8.89. The first kappa shape index (κ1) is 18.1. The highest BCUT2D eigenvalue weighted by molar-refractivity contribution is 7.18. The lowest BCUT2D eigenvalue weighted by molar-refractivity contribution is -0.385. The number of fused-ring (bicyclic) bond motifs is 3. The first-order chi connectivity index (χ1) is 13.5. The first-order valence-corrected chi connectivity index (χ1v) is 9.71. The maximum absolute atomic E-state index is 12.7. The van der Waals surface area contributed by atoms with Gasteiger partial charge in [0.25, 0.3) is 11.2 Å². The smallest absolute Gasteiger partial charge is 0.272 e. The molecule has 0 atom stereocenters. The third-order valence-electron chi connectivity index (χ3n) is 4.94. The van der Waals surface area contributed by atoms with Gasteiger partial charge < -0.3 is 4.98 Å². The molecule has 0 radical (unpaired) electrons. The summed E-state index contributed by atoms with van der Waals surface area (Å²) in [5.41, 5.74) is 2.02. The molecule has 8 heteroatoms. The maximum Gasteiger partial charge on any atom is 0.272 e. The van der Waals surface area contributed by atoms with Crippen LogP contribution in [0.3, 0.4) is 0 Å². The average Bonchev–Trinajstić information content (AvgIpc) is 3.05. The number of nitro groups is 1. The van der Waals surface area contributed by atoms with Crippen molar-refractivity contribution < 1.29 is 4.92 Å². The number of nitro benzene ring substituents is 1. The van der Waals surface area contributed by atoms with Gasteiger partial charge in [-0.25, -0.2) is 4.98 Å². The Bertz CT molecular complexity index is 1250. The summed E-state index contributed by atoms with van der Waals surface area (Å²) in [4.78, 5) is 32.5. The second-order valence-corrected chi connectivity index (χ2v) is 7.86. The van der Waals surface area contributed by atoms with Crippen LogP contribution in [0.25, 0.3) is 21.9 Å². The monoisotopic (exact) mass is 392 g/mol. The number of nitrogens with one attached hydrogen (secondary N) is 1. The molecule has 2 aromatic heterocycles. The molecule has 4 rings (SSSR count). The van der Waals surface area contributed by atoms with Gasteiger partial charge in [0.05, 0.1) is 15.9 Å². The minimum absolute atomic E-state index is 0.0196. The minimum Gasteiger partial charge on any atom is -0.305 e. The molecule has 2 heterocycles. The van der Waals surface area contributed by atoms with E-state index in [0.29, 0.717) is 21.3 Å². The van der Waals surface area contributed by atoms with Crippen molar-refractivity contribution in [3.63, 3.8) is 0 Å². The average molecular weight is 392 g/mol. The highest BCUT2D eigenvalue weighted by atomic mass is 32.1. The topological polar surface area (TPSA) is 113 Å². The van der Waals surface area contributed by atoms with Gasteiger partial charge in [-0.15, -0.1) is 11.3 Å². The van der Waals surface area contributed by atoms with Crippen molar-refractivity contribution >= 4 is 38.9 Å². The second kappa shape index (κ2) is 7.02. The third kappa shape index (κ3) is 3.10. The lowest BCUT2D eigenvalue weighted by Gasteiger charge is -2.09. The van der Waals surface area contributed by atoms with Crippen molar-refractivity contribution in [3.05, 3.63) is 66.1 Å². The Morgan fingerprint density at radius 3 is 2.93 bits per heavy atom. The van der Waals surface area contributed by atoms with Crippen LogP contribution in [-0.4, -0.2) is 14.9 Å². The number of aromatic amines is 1. The number of thiophene rings is 1. The molecule has 7 nitrogen and oxygen atoms in total. The second-order valence-electron chi connectivity index (χ2n) is 6.78. The number of aromatic nitrogens is 2. The van der Waals surface area contributed by atoms with Crippen molar-refractivity contribution in [2.24, 2.45) is 0 Å². The summed E-state index contributed by atoms with van der Waals surface area (Å²) in [7, 11) is 0. The third-order valence-corrected chi connectivity index (χ3v) is 6.13. The van der Waals surface area contributed by atoms with Gasteiger partial charge in [-0.3, -0.25) is 14.9 Å². The minimum atomic E-state index is -0.457. The van der Waals surface area contributed by atoms with E-state index in [9.17, 15) is 20.2 Å². The fourth-order valence-electron chi connectivity index (χ4n) is 3.52. The summed E-state index contributed by atoms with van der Waals surface area (Å²) in [6.45, 7) is 1.66. The zero-order valence-corrected chi connectivity index (χ0v) is 15.9. The molecule has 0 saturated heterocycles. The number of allylic oxidation sites excluding steroid dienone is 1. The molecule has 28 heavy (non-hydrogen) atoms. The Hall–Kier alpha value is -3.31. The Labute approximate surface area is 164 Å². The number of rotatable bonds is 3. The molecule has 0 fully saturated rings. The predicted molar refractivity (Wildman–Crippen MR) is 108 cm³/mol. The fourth-order valence-corrected chi connectivity index (χ4v) is 4.79. The van der Waals surface area contributed by atoms with Crippen molar-refractivity contribution in [3.8, 4) is 6.07 Å². The molecule has 1 aliphatic rings. The Balaban J connectivity index is 1.83. The van der Waals surface area contributed by atoms with Crippen molar-refractivity contribution in [2.75, 3.05) is 0 Å². The van der Waals surface area contributed by atoms with E-state index in [1.54, 1.807) is 19.1 Å².